The average Bonchev–Trinajstić information content (AvgIpc) is 2.65. The molecule has 0 aliphatic heterocycles. The van der Waals surface area contributed by atoms with Gasteiger partial charge in [0.25, 0.3) is 0 Å². The smallest absolute Gasteiger partial charge is 0.156 e. The topological polar surface area (TPSA) is 43.6 Å². The average molecular weight is 314 g/mol. The van der Waals surface area contributed by atoms with Gasteiger partial charge in [0.2, 0.25) is 0 Å². The Hall–Kier alpha value is -0.980. The predicted molar refractivity (Wildman–Crippen MR) is 66.0 cm³/mol. The quantitative estimate of drug-likeness (QED) is 0.800. The van der Waals surface area contributed by atoms with Crippen molar-refractivity contribution in [2.75, 3.05) is 0 Å². The van der Waals surface area contributed by atoms with Crippen LogP contribution in [0.15, 0.2) is 24.8 Å². The van der Waals surface area contributed by atoms with Crippen LogP contribution >= 0.6 is 22.6 Å². The lowest BCUT2D eigenvalue weighted by molar-refractivity contribution is 0.784. The summed E-state index contributed by atoms with van der Waals surface area (Å²) in [7, 11) is 0. The van der Waals surface area contributed by atoms with E-state index in [0.717, 1.165) is 15.1 Å². The van der Waals surface area contributed by atoms with Crippen LogP contribution in [0.4, 0.5) is 0 Å². The minimum Gasteiger partial charge on any atom is -0.241 e. The molecule has 2 aromatic heterocycles. The van der Waals surface area contributed by atoms with Gasteiger partial charge < -0.3 is 0 Å². The first-order valence-electron chi connectivity index (χ1n) is 4.69. The fourth-order valence-corrected chi connectivity index (χ4v) is 1.62. The van der Waals surface area contributed by atoms with E-state index in [0.29, 0.717) is 5.92 Å². The minimum atomic E-state index is 0.404. The van der Waals surface area contributed by atoms with E-state index in [9.17, 15) is 0 Å². The molecule has 0 aromatic carbocycles. The van der Waals surface area contributed by atoms with Gasteiger partial charge in [-0.15, -0.1) is 0 Å². The number of halogens is 1. The van der Waals surface area contributed by atoms with Gasteiger partial charge in [-0.3, -0.25) is 0 Å². The second-order valence-electron chi connectivity index (χ2n) is 3.56. The molecule has 0 atom stereocenters. The van der Waals surface area contributed by atoms with Crippen molar-refractivity contribution >= 4 is 22.6 Å². The highest BCUT2D eigenvalue weighted by Crippen LogP contribution is 2.13. The molecule has 0 saturated carbocycles. The normalized spacial score (nSPS) is 10.9. The standard InChI is InChI=1S/C10H11IN4/c1-7(2)9-3-10(13-6-12-9)15-5-8(11)4-14-15/h3-7H,1-2H3. The molecule has 15 heavy (non-hydrogen) atoms. The summed E-state index contributed by atoms with van der Waals surface area (Å²) < 4.78 is 2.85. The molecule has 2 heterocycles. The summed E-state index contributed by atoms with van der Waals surface area (Å²) in [4.78, 5) is 8.41. The van der Waals surface area contributed by atoms with Crippen LogP contribution < -0.4 is 0 Å². The first-order valence-corrected chi connectivity index (χ1v) is 5.77. The summed E-state index contributed by atoms with van der Waals surface area (Å²) in [6, 6.07) is 1.97. The maximum Gasteiger partial charge on any atom is 0.156 e. The fraction of sp³-hybridized carbons (Fsp3) is 0.300. The van der Waals surface area contributed by atoms with Crippen LogP contribution in [0.25, 0.3) is 5.82 Å². The molecule has 0 amide bonds. The van der Waals surface area contributed by atoms with Gasteiger partial charge in [-0.05, 0) is 28.5 Å². The molecule has 0 N–H and O–H groups in total. The first kappa shape index (κ1) is 10.5. The minimum absolute atomic E-state index is 0.404. The summed E-state index contributed by atoms with van der Waals surface area (Å²) in [6.07, 6.45) is 5.32. The lowest BCUT2D eigenvalue weighted by Gasteiger charge is -2.05. The van der Waals surface area contributed by atoms with Crippen molar-refractivity contribution in [3.05, 3.63) is 34.1 Å². The van der Waals surface area contributed by atoms with Gasteiger partial charge in [0, 0.05) is 18.0 Å². The van der Waals surface area contributed by atoms with Crippen molar-refractivity contribution in [1.29, 1.82) is 0 Å². The van der Waals surface area contributed by atoms with Crippen molar-refractivity contribution < 1.29 is 0 Å². The number of rotatable bonds is 2. The summed E-state index contributed by atoms with van der Waals surface area (Å²) in [6.45, 7) is 4.22. The molecule has 0 bridgehead atoms. The molecule has 0 aliphatic rings. The molecule has 0 unspecified atom stereocenters. The molecular weight excluding hydrogens is 303 g/mol. The molecule has 2 aromatic rings. The van der Waals surface area contributed by atoms with Crippen LogP contribution in [-0.2, 0) is 0 Å². The van der Waals surface area contributed by atoms with E-state index in [-0.39, 0.29) is 0 Å². The summed E-state index contributed by atoms with van der Waals surface area (Å²) in [5.41, 5.74) is 1.03. The van der Waals surface area contributed by atoms with Gasteiger partial charge in [0.15, 0.2) is 5.82 Å². The lowest BCUT2D eigenvalue weighted by Crippen LogP contribution is -2.01. The van der Waals surface area contributed by atoms with Gasteiger partial charge in [0.05, 0.1) is 9.77 Å². The molecular formula is C10H11IN4. The molecule has 5 heteroatoms. The predicted octanol–water partition coefficient (Wildman–Crippen LogP) is 2.39. The van der Waals surface area contributed by atoms with Crippen LogP contribution in [0, 0.1) is 3.57 Å². The number of hydrogen-bond donors (Lipinski definition) is 0. The zero-order valence-electron chi connectivity index (χ0n) is 8.55. The number of hydrogen-bond acceptors (Lipinski definition) is 3. The first-order chi connectivity index (χ1) is 7.16. The third-order valence-electron chi connectivity index (χ3n) is 2.05. The Balaban J connectivity index is 2.41. The molecule has 0 saturated heterocycles. The molecule has 0 aliphatic carbocycles. The third kappa shape index (κ3) is 2.34. The van der Waals surface area contributed by atoms with E-state index in [4.69, 9.17) is 0 Å². The highest BCUT2D eigenvalue weighted by Gasteiger charge is 2.05. The molecule has 0 spiro atoms. The van der Waals surface area contributed by atoms with Crippen LogP contribution in [0.3, 0.4) is 0 Å². The van der Waals surface area contributed by atoms with E-state index in [1.165, 1.54) is 0 Å². The van der Waals surface area contributed by atoms with E-state index in [1.54, 1.807) is 17.2 Å². The molecule has 0 fully saturated rings. The maximum atomic E-state index is 4.22. The second kappa shape index (κ2) is 4.26. The van der Waals surface area contributed by atoms with Crippen LogP contribution in [0.1, 0.15) is 25.5 Å². The van der Waals surface area contributed by atoms with E-state index < -0.39 is 0 Å². The Morgan fingerprint density at radius 2 is 2.13 bits per heavy atom. The van der Waals surface area contributed by atoms with Crippen molar-refractivity contribution in [2.24, 2.45) is 0 Å². The largest absolute Gasteiger partial charge is 0.241 e. The monoisotopic (exact) mass is 314 g/mol. The van der Waals surface area contributed by atoms with Crippen molar-refractivity contribution in [3.63, 3.8) is 0 Å². The fourth-order valence-electron chi connectivity index (χ4n) is 1.23. The van der Waals surface area contributed by atoms with E-state index in [2.05, 4.69) is 51.5 Å². The summed E-state index contributed by atoms with van der Waals surface area (Å²) in [5.74, 6) is 1.22. The summed E-state index contributed by atoms with van der Waals surface area (Å²) >= 11 is 2.22. The highest BCUT2D eigenvalue weighted by molar-refractivity contribution is 14.1. The van der Waals surface area contributed by atoms with Crippen molar-refractivity contribution in [1.82, 2.24) is 19.7 Å². The van der Waals surface area contributed by atoms with Crippen LogP contribution in [-0.4, -0.2) is 19.7 Å². The Labute approximate surface area is 102 Å². The summed E-state index contributed by atoms with van der Waals surface area (Å²) in [5, 5.41) is 4.21. The lowest BCUT2D eigenvalue weighted by atomic mass is 10.1. The SMILES string of the molecule is CC(C)c1cc(-n2cc(I)cn2)ncn1. The van der Waals surface area contributed by atoms with Crippen LogP contribution in [0.2, 0.25) is 0 Å². The Morgan fingerprint density at radius 3 is 2.73 bits per heavy atom. The molecule has 4 nitrogen and oxygen atoms in total. The van der Waals surface area contributed by atoms with Gasteiger partial charge in [-0.25, -0.2) is 14.6 Å². The number of nitrogens with zero attached hydrogens (tertiary/aromatic N) is 4. The second-order valence-corrected chi connectivity index (χ2v) is 4.80. The molecule has 2 rings (SSSR count). The maximum absolute atomic E-state index is 4.22. The van der Waals surface area contributed by atoms with Crippen molar-refractivity contribution in [2.45, 2.75) is 19.8 Å². The molecule has 0 radical (unpaired) electrons. The Kier molecular flexibility index (Phi) is 2.99. The van der Waals surface area contributed by atoms with Gasteiger partial charge >= 0.3 is 0 Å². The van der Waals surface area contributed by atoms with Gasteiger partial charge in [0.1, 0.15) is 6.33 Å². The van der Waals surface area contributed by atoms with Gasteiger partial charge in [-0.2, -0.15) is 5.10 Å². The van der Waals surface area contributed by atoms with E-state index >= 15 is 0 Å². The third-order valence-corrected chi connectivity index (χ3v) is 2.61. The Bertz CT molecular complexity index is 464. The zero-order chi connectivity index (χ0) is 10.8. The highest BCUT2D eigenvalue weighted by atomic mass is 127. The van der Waals surface area contributed by atoms with Gasteiger partial charge in [-0.1, -0.05) is 13.8 Å². The zero-order valence-corrected chi connectivity index (χ0v) is 10.7. The Morgan fingerprint density at radius 1 is 1.33 bits per heavy atom. The number of aromatic nitrogens is 4. The van der Waals surface area contributed by atoms with E-state index in [1.807, 2.05) is 12.3 Å². The molecule has 78 valence electrons. The van der Waals surface area contributed by atoms with Crippen LogP contribution in [0.5, 0.6) is 0 Å². The van der Waals surface area contributed by atoms with Crippen molar-refractivity contribution in [3.8, 4) is 5.82 Å².